The van der Waals surface area contributed by atoms with Crippen LogP contribution in [0.4, 0.5) is 4.79 Å². The molecule has 6 heteroatoms. The van der Waals surface area contributed by atoms with E-state index in [1.807, 2.05) is 26.1 Å². The smallest absolute Gasteiger partial charge is 0.323 e. The first-order valence-electron chi connectivity index (χ1n) is 10.8. The lowest BCUT2D eigenvalue weighted by Crippen LogP contribution is -2.55. The van der Waals surface area contributed by atoms with Gasteiger partial charge < -0.3 is 5.32 Å². The molecular weight excluding hydrogens is 376 g/mol. The normalized spacial score (nSPS) is 23.2. The first kappa shape index (κ1) is 20.5. The second-order valence-electron chi connectivity index (χ2n) is 8.68. The number of carbonyl (C=O) groups excluding carboxylic acids is 2. The van der Waals surface area contributed by atoms with Crippen molar-refractivity contribution in [1.82, 2.24) is 20.1 Å². The number of pyridine rings is 1. The highest BCUT2D eigenvalue weighted by Crippen LogP contribution is 2.36. The molecule has 6 nitrogen and oxygen atoms in total. The second kappa shape index (κ2) is 8.19. The summed E-state index contributed by atoms with van der Waals surface area (Å²) >= 11 is 0. The van der Waals surface area contributed by atoms with Crippen LogP contribution in [0.5, 0.6) is 0 Å². The number of imide groups is 1. The van der Waals surface area contributed by atoms with Gasteiger partial charge in [0, 0.05) is 18.1 Å². The molecule has 3 amide bonds. The SMILES string of the molecule is C=C(C)CN1C(=O)N[C@](CC)(C2CCN(Cc3ccc4ncccc4c3)CC2)C1=O. The van der Waals surface area contributed by atoms with E-state index >= 15 is 0 Å². The van der Waals surface area contributed by atoms with Crippen molar-refractivity contribution in [3.8, 4) is 0 Å². The number of hydrogen-bond donors (Lipinski definition) is 1. The Labute approximate surface area is 177 Å². The minimum Gasteiger partial charge on any atom is -0.323 e. The highest BCUT2D eigenvalue weighted by Gasteiger charge is 2.54. The molecular formula is C24H30N4O2. The highest BCUT2D eigenvalue weighted by molar-refractivity contribution is 6.07. The number of aromatic nitrogens is 1. The maximum Gasteiger partial charge on any atom is 0.325 e. The highest BCUT2D eigenvalue weighted by atomic mass is 16.2. The topological polar surface area (TPSA) is 65.5 Å². The fourth-order valence-corrected chi connectivity index (χ4v) is 4.93. The van der Waals surface area contributed by atoms with Gasteiger partial charge in [0.15, 0.2) is 0 Å². The van der Waals surface area contributed by atoms with Crippen LogP contribution in [0.1, 0.15) is 38.7 Å². The van der Waals surface area contributed by atoms with Gasteiger partial charge in [-0.25, -0.2) is 4.79 Å². The molecule has 1 N–H and O–H groups in total. The number of carbonyl (C=O) groups is 2. The van der Waals surface area contributed by atoms with E-state index in [2.05, 4.69) is 46.0 Å². The van der Waals surface area contributed by atoms with Gasteiger partial charge in [0.05, 0.1) is 12.1 Å². The third-order valence-corrected chi connectivity index (χ3v) is 6.55. The van der Waals surface area contributed by atoms with Gasteiger partial charge >= 0.3 is 6.03 Å². The van der Waals surface area contributed by atoms with Crippen molar-refractivity contribution in [2.45, 2.75) is 45.2 Å². The van der Waals surface area contributed by atoms with Gasteiger partial charge in [-0.05, 0) is 69.0 Å². The first-order valence-corrected chi connectivity index (χ1v) is 10.8. The van der Waals surface area contributed by atoms with Crippen LogP contribution in [0.25, 0.3) is 10.9 Å². The number of rotatable bonds is 6. The molecule has 0 unspecified atom stereocenters. The van der Waals surface area contributed by atoms with Crippen molar-refractivity contribution in [2.24, 2.45) is 5.92 Å². The summed E-state index contributed by atoms with van der Waals surface area (Å²) in [6.45, 7) is 10.7. The average Bonchev–Trinajstić information content (AvgIpc) is 2.99. The van der Waals surface area contributed by atoms with Crippen LogP contribution in [0, 0.1) is 5.92 Å². The third-order valence-electron chi connectivity index (χ3n) is 6.55. The number of nitrogens with zero attached hydrogens (tertiary/aromatic N) is 3. The van der Waals surface area contributed by atoms with Crippen LogP contribution >= 0.6 is 0 Å². The molecule has 0 aliphatic carbocycles. The summed E-state index contributed by atoms with van der Waals surface area (Å²) in [5.41, 5.74) is 2.33. The van der Waals surface area contributed by atoms with Gasteiger partial charge in [-0.3, -0.25) is 19.6 Å². The minimum absolute atomic E-state index is 0.0847. The van der Waals surface area contributed by atoms with Gasteiger partial charge in [-0.2, -0.15) is 0 Å². The molecule has 0 bridgehead atoms. The van der Waals surface area contributed by atoms with Crippen molar-refractivity contribution < 1.29 is 9.59 Å². The average molecular weight is 407 g/mol. The standard InChI is InChI=1S/C24H30N4O2/c1-4-24(22(29)28(15-17(2)3)23(30)26-24)20-9-12-27(13-10-20)16-18-7-8-21-19(14-18)6-5-11-25-21/h5-8,11,14,20H,2,4,9-10,12-13,15-16H2,1,3H3,(H,26,30)/t24-/m1/s1. The summed E-state index contributed by atoms with van der Waals surface area (Å²) in [6, 6.07) is 10.2. The summed E-state index contributed by atoms with van der Waals surface area (Å²) in [4.78, 5) is 33.8. The summed E-state index contributed by atoms with van der Waals surface area (Å²) in [6.07, 6.45) is 4.23. The zero-order valence-electron chi connectivity index (χ0n) is 17.9. The Morgan fingerprint density at radius 2 is 2.03 bits per heavy atom. The predicted octanol–water partition coefficient (Wildman–Crippen LogP) is 3.72. The largest absolute Gasteiger partial charge is 0.325 e. The van der Waals surface area contributed by atoms with Crippen LogP contribution in [-0.4, -0.2) is 51.9 Å². The van der Waals surface area contributed by atoms with E-state index in [0.717, 1.165) is 49.0 Å². The molecule has 158 valence electrons. The monoisotopic (exact) mass is 406 g/mol. The molecule has 0 saturated carbocycles. The lowest BCUT2D eigenvalue weighted by molar-refractivity contribution is -0.134. The maximum atomic E-state index is 13.2. The molecule has 2 aliphatic rings. The molecule has 0 radical (unpaired) electrons. The number of amides is 3. The number of benzene rings is 1. The van der Waals surface area contributed by atoms with Gasteiger partial charge in [0.1, 0.15) is 5.54 Å². The molecule has 2 aliphatic heterocycles. The van der Waals surface area contributed by atoms with Crippen LogP contribution < -0.4 is 5.32 Å². The fourth-order valence-electron chi connectivity index (χ4n) is 4.93. The van der Waals surface area contributed by atoms with E-state index < -0.39 is 5.54 Å². The Kier molecular flexibility index (Phi) is 5.60. The lowest BCUT2D eigenvalue weighted by atomic mass is 9.75. The van der Waals surface area contributed by atoms with Crippen molar-refractivity contribution >= 4 is 22.8 Å². The zero-order valence-corrected chi connectivity index (χ0v) is 17.9. The first-order chi connectivity index (χ1) is 14.4. The number of hydrogen-bond acceptors (Lipinski definition) is 4. The van der Waals surface area contributed by atoms with Crippen LogP contribution in [-0.2, 0) is 11.3 Å². The Bertz CT molecular complexity index is 980. The van der Waals surface area contributed by atoms with Gasteiger partial charge in [0.25, 0.3) is 5.91 Å². The van der Waals surface area contributed by atoms with Crippen molar-refractivity contribution in [3.05, 3.63) is 54.2 Å². The molecule has 4 rings (SSSR count). The Hall–Kier alpha value is -2.73. The second-order valence-corrected chi connectivity index (χ2v) is 8.68. The summed E-state index contributed by atoms with van der Waals surface area (Å²) < 4.78 is 0. The maximum absolute atomic E-state index is 13.2. The van der Waals surface area contributed by atoms with Crippen molar-refractivity contribution in [2.75, 3.05) is 19.6 Å². The molecule has 3 heterocycles. The number of likely N-dealkylation sites (tertiary alicyclic amines) is 1. The number of urea groups is 1. The molecule has 30 heavy (non-hydrogen) atoms. The van der Waals surface area contributed by atoms with Gasteiger partial charge in [-0.1, -0.05) is 31.2 Å². The molecule has 1 aromatic heterocycles. The molecule has 0 spiro atoms. The molecule has 2 saturated heterocycles. The minimum atomic E-state index is -0.771. The van der Waals surface area contributed by atoms with Crippen molar-refractivity contribution in [1.29, 1.82) is 0 Å². The van der Waals surface area contributed by atoms with E-state index in [9.17, 15) is 9.59 Å². The number of nitrogens with one attached hydrogen (secondary N) is 1. The molecule has 2 aromatic rings. The predicted molar refractivity (Wildman–Crippen MR) is 118 cm³/mol. The van der Waals surface area contributed by atoms with Crippen LogP contribution in [0.2, 0.25) is 0 Å². The Morgan fingerprint density at radius 3 is 2.73 bits per heavy atom. The number of fused-ring (bicyclic) bond motifs is 1. The van der Waals surface area contributed by atoms with E-state index in [4.69, 9.17) is 0 Å². The Balaban J connectivity index is 1.42. The number of piperidine rings is 1. The van der Waals surface area contributed by atoms with E-state index in [1.54, 1.807) is 0 Å². The molecule has 1 aromatic carbocycles. The third kappa shape index (κ3) is 3.72. The summed E-state index contributed by atoms with van der Waals surface area (Å²) in [5, 5.41) is 4.21. The van der Waals surface area contributed by atoms with E-state index in [1.165, 1.54) is 10.5 Å². The van der Waals surface area contributed by atoms with E-state index in [0.29, 0.717) is 13.0 Å². The summed E-state index contributed by atoms with van der Waals surface area (Å²) in [5.74, 6) is 0.0737. The molecule has 1 atom stereocenters. The Morgan fingerprint density at radius 1 is 1.27 bits per heavy atom. The summed E-state index contributed by atoms with van der Waals surface area (Å²) in [7, 11) is 0. The van der Waals surface area contributed by atoms with Crippen LogP contribution in [0.3, 0.4) is 0 Å². The van der Waals surface area contributed by atoms with Crippen molar-refractivity contribution in [3.63, 3.8) is 0 Å². The van der Waals surface area contributed by atoms with E-state index in [-0.39, 0.29) is 17.9 Å². The van der Waals surface area contributed by atoms with Gasteiger partial charge in [-0.15, -0.1) is 0 Å². The van der Waals surface area contributed by atoms with Crippen LogP contribution in [0.15, 0.2) is 48.7 Å². The fraction of sp³-hybridized carbons (Fsp3) is 0.458. The quantitative estimate of drug-likeness (QED) is 0.587. The van der Waals surface area contributed by atoms with Gasteiger partial charge in [0.2, 0.25) is 0 Å². The molecule has 2 fully saturated rings. The zero-order chi connectivity index (χ0) is 21.3. The lowest BCUT2D eigenvalue weighted by Gasteiger charge is -2.40.